The molecule has 1 heteroatoms. The van der Waals surface area contributed by atoms with E-state index >= 15 is 0 Å². The molecule has 0 radical (unpaired) electrons. The molecule has 152 valence electrons. The second kappa shape index (κ2) is 6.57. The Morgan fingerprint density at radius 3 is 1.62 bits per heavy atom. The van der Waals surface area contributed by atoms with Crippen molar-refractivity contribution in [2.24, 2.45) is 0 Å². The molecule has 4 rings (SSSR count). The van der Waals surface area contributed by atoms with Crippen LogP contribution in [0.25, 0.3) is 11.1 Å². The molecule has 0 N–H and O–H groups in total. The molecule has 0 aliphatic heterocycles. The van der Waals surface area contributed by atoms with Gasteiger partial charge in [-0.1, -0.05) is 114 Å². The van der Waals surface area contributed by atoms with Crippen LogP contribution in [-0.2, 0) is 10.8 Å². The summed E-state index contributed by atoms with van der Waals surface area (Å²) in [5.74, 6) is 0. The quantitative estimate of drug-likeness (QED) is 0.447. The summed E-state index contributed by atoms with van der Waals surface area (Å²) in [6.45, 7) is 19.1. The Hall–Kier alpha value is -1.86. The fraction of sp³-hybridized carbons (Fsp3) is 0.429. The van der Waals surface area contributed by atoms with E-state index in [1.54, 1.807) is 16.3 Å². The highest BCUT2D eigenvalue weighted by Gasteiger charge is 2.43. The van der Waals surface area contributed by atoms with Crippen molar-refractivity contribution >= 4 is 8.07 Å². The van der Waals surface area contributed by atoms with Gasteiger partial charge in [0.15, 0.2) is 0 Å². The predicted molar refractivity (Wildman–Crippen MR) is 130 cm³/mol. The van der Waals surface area contributed by atoms with Crippen LogP contribution in [0, 0.1) is 0 Å². The van der Waals surface area contributed by atoms with Crippen LogP contribution in [0.2, 0.25) is 13.1 Å². The lowest BCUT2D eigenvalue weighted by Crippen LogP contribution is -2.37. The molecule has 0 saturated heterocycles. The number of benzene rings is 2. The Morgan fingerprint density at radius 1 is 0.759 bits per heavy atom. The van der Waals surface area contributed by atoms with Gasteiger partial charge < -0.3 is 0 Å². The van der Waals surface area contributed by atoms with Crippen LogP contribution < -0.4 is 0 Å². The molecule has 29 heavy (non-hydrogen) atoms. The Kier molecular flexibility index (Phi) is 4.62. The molecular formula is C28H36Si. The Balaban J connectivity index is 1.97. The van der Waals surface area contributed by atoms with E-state index in [9.17, 15) is 0 Å². The van der Waals surface area contributed by atoms with Crippen LogP contribution in [0.4, 0.5) is 0 Å². The van der Waals surface area contributed by atoms with E-state index in [0.29, 0.717) is 5.54 Å². The Morgan fingerprint density at radius 2 is 1.24 bits per heavy atom. The highest BCUT2D eigenvalue weighted by atomic mass is 28.3. The minimum atomic E-state index is -1.73. The fourth-order valence-corrected chi connectivity index (χ4v) is 8.63. The molecule has 0 saturated carbocycles. The topological polar surface area (TPSA) is 0 Å². The Labute approximate surface area is 178 Å². The highest BCUT2D eigenvalue weighted by Crippen LogP contribution is 2.52. The first-order valence-electron chi connectivity index (χ1n) is 11.1. The van der Waals surface area contributed by atoms with Gasteiger partial charge in [-0.25, -0.2) is 0 Å². The molecule has 0 bridgehead atoms. The summed E-state index contributed by atoms with van der Waals surface area (Å²) in [5, 5.41) is 1.61. The maximum Gasteiger partial charge on any atom is 0.0923 e. The van der Waals surface area contributed by atoms with Crippen LogP contribution in [0.3, 0.4) is 0 Å². The van der Waals surface area contributed by atoms with Gasteiger partial charge >= 0.3 is 0 Å². The molecule has 0 atom stereocenters. The molecular weight excluding hydrogens is 364 g/mol. The molecule has 2 aliphatic carbocycles. The largest absolute Gasteiger partial charge is 0.0923 e. The normalized spacial score (nSPS) is 16.8. The van der Waals surface area contributed by atoms with Crippen molar-refractivity contribution in [2.45, 2.75) is 77.4 Å². The van der Waals surface area contributed by atoms with Crippen molar-refractivity contribution in [1.82, 2.24) is 0 Å². The van der Waals surface area contributed by atoms with Crippen molar-refractivity contribution < 1.29 is 0 Å². The van der Waals surface area contributed by atoms with Crippen LogP contribution in [0.15, 0.2) is 59.8 Å². The summed E-state index contributed by atoms with van der Waals surface area (Å²) >= 11 is 0. The number of hydrogen-bond donors (Lipinski definition) is 0. The highest BCUT2D eigenvalue weighted by molar-refractivity contribution is 6.87. The number of hydrogen-bond acceptors (Lipinski definition) is 0. The smallest absolute Gasteiger partial charge is 0.0815 e. The van der Waals surface area contributed by atoms with E-state index in [1.807, 2.05) is 0 Å². The third kappa shape index (κ3) is 3.38. The second-order valence-corrected chi connectivity index (χ2v) is 16.2. The van der Waals surface area contributed by atoms with Crippen LogP contribution in [-0.4, -0.2) is 8.07 Å². The van der Waals surface area contributed by atoms with E-state index in [2.05, 4.69) is 109 Å². The summed E-state index contributed by atoms with van der Waals surface area (Å²) in [4.78, 5) is 0. The monoisotopic (exact) mass is 400 g/mol. The number of rotatable bonds is 2. The number of fused-ring (bicyclic) bond motifs is 3. The van der Waals surface area contributed by atoms with Gasteiger partial charge in [0, 0.05) is 5.54 Å². The molecule has 0 fully saturated rings. The summed E-state index contributed by atoms with van der Waals surface area (Å²) in [6.07, 6.45) is 8.32. The molecule has 2 aromatic rings. The molecule has 0 nitrogen and oxygen atoms in total. The summed E-state index contributed by atoms with van der Waals surface area (Å²) in [5.41, 5.74) is 9.81. The number of allylic oxidation sites excluding steroid dienone is 4. The van der Waals surface area contributed by atoms with Gasteiger partial charge in [0.05, 0.1) is 8.07 Å². The fourth-order valence-electron chi connectivity index (χ4n) is 5.07. The van der Waals surface area contributed by atoms with E-state index in [1.165, 1.54) is 22.3 Å². The van der Waals surface area contributed by atoms with E-state index in [4.69, 9.17) is 0 Å². The molecule has 0 unspecified atom stereocenters. The third-order valence-corrected chi connectivity index (χ3v) is 10.9. The minimum Gasteiger partial charge on any atom is -0.0815 e. The van der Waals surface area contributed by atoms with Gasteiger partial charge in [-0.15, -0.1) is 0 Å². The summed E-state index contributed by atoms with van der Waals surface area (Å²) in [6, 6.07) is 14.6. The summed E-state index contributed by atoms with van der Waals surface area (Å²) < 4.78 is 0. The lowest BCUT2D eigenvalue weighted by Gasteiger charge is -2.33. The molecule has 0 heterocycles. The van der Waals surface area contributed by atoms with E-state index in [-0.39, 0.29) is 10.8 Å². The molecule has 0 aromatic heterocycles. The zero-order valence-corrected chi connectivity index (χ0v) is 20.5. The van der Waals surface area contributed by atoms with Crippen molar-refractivity contribution in [2.75, 3.05) is 0 Å². The molecule has 2 aromatic carbocycles. The van der Waals surface area contributed by atoms with Crippen LogP contribution >= 0.6 is 0 Å². The average molecular weight is 401 g/mol. The van der Waals surface area contributed by atoms with Gasteiger partial charge in [0.1, 0.15) is 0 Å². The van der Waals surface area contributed by atoms with Gasteiger partial charge in [-0.05, 0) is 50.6 Å². The van der Waals surface area contributed by atoms with E-state index < -0.39 is 8.07 Å². The lowest BCUT2D eigenvalue weighted by atomic mass is 9.85. The molecule has 0 amide bonds. The van der Waals surface area contributed by atoms with Gasteiger partial charge in [-0.2, -0.15) is 0 Å². The zero-order chi connectivity index (χ0) is 21.2. The van der Waals surface area contributed by atoms with Gasteiger partial charge in [0.25, 0.3) is 0 Å². The van der Waals surface area contributed by atoms with Crippen LogP contribution in [0.5, 0.6) is 0 Å². The predicted octanol–water partition coefficient (Wildman–Crippen LogP) is 8.07. The standard InChI is InChI=1S/C28H36Si/c1-27(2,3)19-13-15-22-23-16-14-20(28(4,5)6)18-25(23)26(24(22)17-19)29(7,8)21-11-9-10-12-21/h9,11-18,26H,10H2,1-8H3. The first-order chi connectivity index (χ1) is 13.4. The first-order valence-corrected chi connectivity index (χ1v) is 14.1. The second-order valence-electron chi connectivity index (χ2n) is 11.6. The van der Waals surface area contributed by atoms with Gasteiger partial charge in [-0.3, -0.25) is 0 Å². The first kappa shape index (κ1) is 20.4. The van der Waals surface area contributed by atoms with Crippen molar-refractivity contribution in [3.8, 4) is 11.1 Å². The van der Waals surface area contributed by atoms with Crippen molar-refractivity contribution in [3.05, 3.63) is 82.1 Å². The maximum absolute atomic E-state index is 2.57. The van der Waals surface area contributed by atoms with Crippen molar-refractivity contribution in [3.63, 3.8) is 0 Å². The maximum atomic E-state index is 2.57. The van der Waals surface area contributed by atoms with Gasteiger partial charge in [0.2, 0.25) is 0 Å². The third-order valence-electron chi connectivity index (χ3n) is 6.98. The van der Waals surface area contributed by atoms with Crippen molar-refractivity contribution in [1.29, 1.82) is 0 Å². The lowest BCUT2D eigenvalue weighted by molar-refractivity contribution is 0.589. The minimum absolute atomic E-state index is 0.170. The molecule has 2 aliphatic rings. The summed E-state index contributed by atoms with van der Waals surface area (Å²) in [7, 11) is -1.73. The zero-order valence-electron chi connectivity index (χ0n) is 19.5. The van der Waals surface area contributed by atoms with E-state index in [0.717, 1.165) is 6.42 Å². The Bertz CT molecular complexity index is 956. The molecule has 0 spiro atoms. The average Bonchev–Trinajstić information content (AvgIpc) is 3.26. The van der Waals surface area contributed by atoms with Crippen LogP contribution in [0.1, 0.15) is 75.8 Å². The SMILES string of the molecule is CC(C)(C)c1ccc2c(c1)C([Si](C)(C)C1=CCC=C1)c1cc(C(C)(C)C)ccc1-2.